The molecule has 1 saturated heterocycles. The van der Waals surface area contributed by atoms with Crippen molar-refractivity contribution < 1.29 is 9.53 Å². The van der Waals surface area contributed by atoms with E-state index in [1.807, 2.05) is 17.9 Å². The first-order valence-electron chi connectivity index (χ1n) is 8.39. The summed E-state index contributed by atoms with van der Waals surface area (Å²) in [5.74, 6) is 0.932. The smallest absolute Gasteiger partial charge is 0.263 e. The molecule has 0 radical (unpaired) electrons. The van der Waals surface area contributed by atoms with Gasteiger partial charge in [-0.15, -0.1) is 0 Å². The van der Waals surface area contributed by atoms with Gasteiger partial charge >= 0.3 is 0 Å². The van der Waals surface area contributed by atoms with Gasteiger partial charge < -0.3 is 14.5 Å². The molecule has 0 bridgehead atoms. The molecule has 2 aliphatic rings. The molecule has 1 aromatic rings. The zero-order chi connectivity index (χ0) is 15.5. The van der Waals surface area contributed by atoms with Gasteiger partial charge in [0.2, 0.25) is 0 Å². The van der Waals surface area contributed by atoms with Crippen molar-refractivity contribution in [2.75, 3.05) is 33.2 Å². The van der Waals surface area contributed by atoms with Gasteiger partial charge in [0, 0.05) is 26.2 Å². The normalized spacial score (nSPS) is 20.4. The predicted molar refractivity (Wildman–Crippen MR) is 87.3 cm³/mol. The number of rotatable bonds is 3. The molecule has 0 N–H and O–H groups in total. The van der Waals surface area contributed by atoms with Crippen molar-refractivity contribution in [3.8, 4) is 5.75 Å². The lowest BCUT2D eigenvalue weighted by Gasteiger charge is -2.34. The van der Waals surface area contributed by atoms with Gasteiger partial charge in [-0.1, -0.05) is 6.07 Å². The molecule has 1 amide bonds. The van der Waals surface area contributed by atoms with E-state index in [9.17, 15) is 4.79 Å². The summed E-state index contributed by atoms with van der Waals surface area (Å²) in [6, 6.07) is 6.30. The molecular weight excluding hydrogens is 276 g/mol. The van der Waals surface area contributed by atoms with Crippen molar-refractivity contribution in [3.05, 3.63) is 29.3 Å². The maximum atomic E-state index is 12.5. The average Bonchev–Trinajstić information content (AvgIpc) is 2.55. The van der Waals surface area contributed by atoms with E-state index in [0.29, 0.717) is 0 Å². The number of ether oxygens (including phenoxy) is 1. The highest BCUT2D eigenvalue weighted by atomic mass is 16.5. The Labute approximate surface area is 133 Å². The number of aryl methyl sites for hydroxylation is 2. The Morgan fingerprint density at radius 2 is 1.77 bits per heavy atom. The van der Waals surface area contributed by atoms with Crippen LogP contribution in [0.2, 0.25) is 0 Å². The van der Waals surface area contributed by atoms with Crippen LogP contribution >= 0.6 is 0 Å². The Morgan fingerprint density at radius 1 is 1.09 bits per heavy atom. The molecule has 0 aromatic heterocycles. The highest BCUT2D eigenvalue weighted by molar-refractivity contribution is 5.81. The third-order valence-electron chi connectivity index (χ3n) is 4.80. The van der Waals surface area contributed by atoms with Crippen LogP contribution in [-0.2, 0) is 17.6 Å². The summed E-state index contributed by atoms with van der Waals surface area (Å²) < 4.78 is 5.92. The zero-order valence-electron chi connectivity index (χ0n) is 13.7. The molecule has 3 rings (SSSR count). The van der Waals surface area contributed by atoms with Gasteiger partial charge in [0.1, 0.15) is 5.75 Å². The number of amides is 1. The minimum Gasteiger partial charge on any atom is -0.481 e. The molecule has 0 saturated carbocycles. The van der Waals surface area contributed by atoms with E-state index >= 15 is 0 Å². The fourth-order valence-electron chi connectivity index (χ4n) is 3.32. The maximum absolute atomic E-state index is 12.5. The summed E-state index contributed by atoms with van der Waals surface area (Å²) in [6.07, 6.45) is 4.43. The molecule has 1 aliphatic carbocycles. The second-order valence-electron chi connectivity index (χ2n) is 6.53. The fourth-order valence-corrected chi connectivity index (χ4v) is 3.32. The summed E-state index contributed by atoms with van der Waals surface area (Å²) in [5.41, 5.74) is 2.83. The van der Waals surface area contributed by atoms with Gasteiger partial charge in [0.15, 0.2) is 6.10 Å². The van der Waals surface area contributed by atoms with Crippen molar-refractivity contribution >= 4 is 5.91 Å². The summed E-state index contributed by atoms with van der Waals surface area (Å²) in [5, 5.41) is 0. The number of fused-ring (bicyclic) bond motifs is 1. The van der Waals surface area contributed by atoms with Crippen molar-refractivity contribution in [1.82, 2.24) is 9.80 Å². The van der Waals surface area contributed by atoms with E-state index in [-0.39, 0.29) is 5.91 Å². The Hall–Kier alpha value is -1.55. The van der Waals surface area contributed by atoms with Crippen molar-refractivity contribution in [3.63, 3.8) is 0 Å². The van der Waals surface area contributed by atoms with Crippen LogP contribution in [0.5, 0.6) is 5.75 Å². The van der Waals surface area contributed by atoms with Crippen LogP contribution in [0.15, 0.2) is 18.2 Å². The number of carbonyl (C=O) groups excluding carboxylic acids is 1. The van der Waals surface area contributed by atoms with Gasteiger partial charge in [-0.2, -0.15) is 0 Å². The van der Waals surface area contributed by atoms with Crippen LogP contribution in [0.3, 0.4) is 0 Å². The molecule has 0 spiro atoms. The van der Waals surface area contributed by atoms with E-state index in [1.54, 1.807) is 0 Å². The lowest BCUT2D eigenvalue weighted by molar-refractivity contribution is -0.139. The van der Waals surface area contributed by atoms with Crippen LogP contribution < -0.4 is 4.74 Å². The quantitative estimate of drug-likeness (QED) is 0.857. The number of nitrogens with zero attached hydrogens (tertiary/aromatic N) is 2. The number of hydrogen-bond donors (Lipinski definition) is 0. The lowest BCUT2D eigenvalue weighted by atomic mass is 9.92. The number of piperazine rings is 1. The molecule has 0 unspecified atom stereocenters. The van der Waals surface area contributed by atoms with Gasteiger partial charge in [-0.05, 0) is 62.9 Å². The molecule has 1 aliphatic heterocycles. The molecule has 4 heteroatoms. The molecule has 4 nitrogen and oxygen atoms in total. The van der Waals surface area contributed by atoms with Crippen molar-refractivity contribution in [2.45, 2.75) is 38.7 Å². The molecule has 1 fully saturated rings. The van der Waals surface area contributed by atoms with E-state index < -0.39 is 6.10 Å². The third-order valence-corrected chi connectivity index (χ3v) is 4.80. The topological polar surface area (TPSA) is 32.8 Å². The third kappa shape index (κ3) is 3.43. The standard InChI is InChI=1S/C18H26N2O2/c1-14(18(21)20-11-9-19(2)10-12-20)22-17-8-7-15-5-3-4-6-16(15)13-17/h7-8,13-14H,3-6,9-12H2,1-2H3/t14-/m0/s1. The van der Waals surface area contributed by atoms with Gasteiger partial charge in [-0.3, -0.25) is 4.79 Å². The summed E-state index contributed by atoms with van der Waals surface area (Å²) >= 11 is 0. The summed E-state index contributed by atoms with van der Waals surface area (Å²) in [6.45, 7) is 5.34. The first-order valence-corrected chi connectivity index (χ1v) is 8.39. The highest BCUT2D eigenvalue weighted by Crippen LogP contribution is 2.26. The Morgan fingerprint density at radius 3 is 2.50 bits per heavy atom. The monoisotopic (exact) mass is 302 g/mol. The number of carbonyl (C=O) groups is 1. The average molecular weight is 302 g/mol. The summed E-state index contributed by atoms with van der Waals surface area (Å²) in [7, 11) is 2.09. The lowest BCUT2D eigenvalue weighted by Crippen LogP contribution is -2.50. The Balaban J connectivity index is 1.61. The van der Waals surface area contributed by atoms with E-state index in [1.165, 1.54) is 30.4 Å². The number of hydrogen-bond acceptors (Lipinski definition) is 3. The maximum Gasteiger partial charge on any atom is 0.263 e. The molecule has 1 atom stereocenters. The number of likely N-dealkylation sites (N-methyl/N-ethyl adjacent to an activating group) is 1. The van der Waals surface area contributed by atoms with Gasteiger partial charge in [0.05, 0.1) is 0 Å². The first kappa shape index (κ1) is 15.3. The van der Waals surface area contributed by atoms with Gasteiger partial charge in [-0.25, -0.2) is 0 Å². The highest BCUT2D eigenvalue weighted by Gasteiger charge is 2.25. The SMILES string of the molecule is C[C@H](Oc1ccc2c(c1)CCCC2)C(=O)N1CCN(C)CC1. The first-order chi connectivity index (χ1) is 10.6. The van der Waals surface area contributed by atoms with E-state index in [4.69, 9.17) is 4.74 Å². The molecule has 1 heterocycles. The summed E-state index contributed by atoms with van der Waals surface area (Å²) in [4.78, 5) is 16.6. The molecule has 120 valence electrons. The second-order valence-corrected chi connectivity index (χ2v) is 6.53. The van der Waals surface area contributed by atoms with Crippen molar-refractivity contribution in [1.29, 1.82) is 0 Å². The predicted octanol–water partition coefficient (Wildman–Crippen LogP) is 2.11. The van der Waals surface area contributed by atoms with Crippen LogP contribution in [0, 0.1) is 0 Å². The largest absolute Gasteiger partial charge is 0.481 e. The zero-order valence-corrected chi connectivity index (χ0v) is 13.7. The van der Waals surface area contributed by atoms with E-state index in [2.05, 4.69) is 24.1 Å². The Bertz CT molecular complexity index is 536. The van der Waals surface area contributed by atoms with Crippen LogP contribution in [0.25, 0.3) is 0 Å². The van der Waals surface area contributed by atoms with Crippen LogP contribution in [-0.4, -0.2) is 55.0 Å². The fraction of sp³-hybridized carbons (Fsp3) is 0.611. The van der Waals surface area contributed by atoms with Crippen LogP contribution in [0.1, 0.15) is 30.9 Å². The Kier molecular flexibility index (Phi) is 4.67. The van der Waals surface area contributed by atoms with Crippen molar-refractivity contribution in [2.24, 2.45) is 0 Å². The second kappa shape index (κ2) is 6.69. The molecular formula is C18H26N2O2. The molecule has 22 heavy (non-hydrogen) atoms. The molecule has 1 aromatic carbocycles. The minimum absolute atomic E-state index is 0.103. The minimum atomic E-state index is -0.412. The van der Waals surface area contributed by atoms with Crippen LogP contribution in [0.4, 0.5) is 0 Å². The number of benzene rings is 1. The van der Waals surface area contributed by atoms with E-state index in [0.717, 1.165) is 38.3 Å². The van der Waals surface area contributed by atoms with Gasteiger partial charge in [0.25, 0.3) is 5.91 Å².